The fourth-order valence-electron chi connectivity index (χ4n) is 4.33. The van der Waals surface area contributed by atoms with Crippen LogP contribution in [0.25, 0.3) is 0 Å². The Kier molecular flexibility index (Phi) is 14.6. The average molecular weight is 615 g/mol. The highest BCUT2D eigenvalue weighted by molar-refractivity contribution is 7.92. The lowest BCUT2D eigenvalue weighted by atomic mass is 10.1. The number of hydrogen-bond acceptors (Lipinski definition) is 5. The van der Waals surface area contributed by atoms with Gasteiger partial charge in [0, 0.05) is 17.4 Å². The molecule has 0 bridgehead atoms. The number of sulfone groups is 1. The first-order chi connectivity index (χ1) is 19.1. The molecule has 4 N–H and O–H groups in total. The number of aromatic hydroxyl groups is 1. The first kappa shape index (κ1) is 33.7. The number of carbonyl (C=O) groups is 2. The quantitative estimate of drug-likeness (QED) is 0.105. The van der Waals surface area contributed by atoms with Crippen molar-refractivity contribution < 1.29 is 23.1 Å². The van der Waals surface area contributed by atoms with E-state index in [0.29, 0.717) is 17.1 Å². The smallest absolute Gasteiger partial charge is 0.323 e. The molecule has 222 valence electrons. The van der Waals surface area contributed by atoms with Crippen LogP contribution < -0.4 is 16.0 Å². The Morgan fingerprint density at radius 3 is 1.93 bits per heavy atom. The van der Waals surface area contributed by atoms with Crippen molar-refractivity contribution in [2.75, 3.05) is 21.7 Å². The topological polar surface area (TPSA) is 125 Å². The van der Waals surface area contributed by atoms with E-state index in [2.05, 4.69) is 22.9 Å². The Morgan fingerprint density at radius 2 is 1.35 bits per heavy atom. The highest BCUT2D eigenvalue weighted by Gasteiger charge is 2.30. The molecule has 0 aliphatic carbocycles. The number of halogens is 2. The van der Waals surface area contributed by atoms with Gasteiger partial charge in [-0.25, -0.2) is 13.2 Å². The highest BCUT2D eigenvalue weighted by atomic mass is 35.5. The van der Waals surface area contributed by atoms with Crippen LogP contribution in [0.4, 0.5) is 21.9 Å². The number of amides is 3. The van der Waals surface area contributed by atoms with Crippen LogP contribution in [0, 0.1) is 0 Å². The molecule has 0 fully saturated rings. The molecule has 11 heteroatoms. The number of urea groups is 1. The summed E-state index contributed by atoms with van der Waals surface area (Å²) in [6.07, 6.45) is 11.1. The van der Waals surface area contributed by atoms with Gasteiger partial charge in [-0.3, -0.25) is 4.79 Å². The molecular weight excluding hydrogens is 573 g/mol. The Labute approximate surface area is 248 Å². The largest absolute Gasteiger partial charge is 0.506 e. The molecule has 0 radical (unpaired) electrons. The summed E-state index contributed by atoms with van der Waals surface area (Å²) in [5.41, 5.74) is 0.710. The van der Waals surface area contributed by atoms with E-state index in [4.69, 9.17) is 23.2 Å². The summed E-state index contributed by atoms with van der Waals surface area (Å²) in [7, 11) is -3.63. The van der Waals surface area contributed by atoms with Gasteiger partial charge in [0.1, 0.15) is 11.0 Å². The third kappa shape index (κ3) is 11.6. The monoisotopic (exact) mass is 613 g/mol. The summed E-state index contributed by atoms with van der Waals surface area (Å²) >= 11 is 11.8. The number of carbonyl (C=O) groups excluding carboxylic acids is 2. The minimum atomic E-state index is -3.63. The molecule has 0 aliphatic heterocycles. The molecule has 2 aromatic carbocycles. The van der Waals surface area contributed by atoms with E-state index >= 15 is 0 Å². The van der Waals surface area contributed by atoms with Gasteiger partial charge in [0.25, 0.3) is 0 Å². The van der Waals surface area contributed by atoms with Crippen molar-refractivity contribution in [2.45, 2.75) is 89.7 Å². The fraction of sp³-hybridized carbons (Fsp3) is 0.517. The van der Waals surface area contributed by atoms with Crippen LogP contribution in [0.3, 0.4) is 0 Å². The number of phenolic OH excluding ortho intramolecular Hbond substituents is 1. The normalized spacial score (nSPS) is 12.1. The molecule has 1 unspecified atom stereocenters. The molecule has 2 aromatic rings. The van der Waals surface area contributed by atoms with Gasteiger partial charge in [-0.15, -0.1) is 0 Å². The number of hydrogen-bond donors (Lipinski definition) is 4. The maximum Gasteiger partial charge on any atom is 0.323 e. The van der Waals surface area contributed by atoms with Crippen molar-refractivity contribution in [2.24, 2.45) is 0 Å². The lowest BCUT2D eigenvalue weighted by Crippen LogP contribution is -2.36. The Hall–Kier alpha value is -2.49. The number of phenols is 1. The number of nitrogens with one attached hydrogen (secondary N) is 3. The molecule has 1 atom stereocenters. The zero-order valence-corrected chi connectivity index (χ0v) is 25.6. The predicted molar refractivity (Wildman–Crippen MR) is 166 cm³/mol. The second-order valence-electron chi connectivity index (χ2n) is 9.88. The minimum Gasteiger partial charge on any atom is -0.506 e. The molecule has 8 nitrogen and oxygen atoms in total. The summed E-state index contributed by atoms with van der Waals surface area (Å²) in [4.78, 5) is 25.1. The minimum absolute atomic E-state index is 0.0303. The van der Waals surface area contributed by atoms with Gasteiger partial charge in [-0.1, -0.05) is 94.8 Å². The van der Waals surface area contributed by atoms with Crippen LogP contribution in [0.1, 0.15) is 84.5 Å². The van der Waals surface area contributed by atoms with Crippen LogP contribution in [-0.2, 0) is 14.6 Å². The SMILES string of the molecule is CCCCCCCCCCCCS(=O)(=O)C(CC)C(=O)Nc1ccc(NC(=O)Nc2ccc(Cl)c(Cl)c2)c(O)c1. The Balaban J connectivity index is 1.83. The number of anilines is 3. The maximum atomic E-state index is 12.9. The molecule has 2 rings (SSSR count). The Bertz CT molecular complexity index is 1220. The zero-order chi connectivity index (χ0) is 29.5. The van der Waals surface area contributed by atoms with Crippen molar-refractivity contribution in [1.82, 2.24) is 0 Å². The van der Waals surface area contributed by atoms with Crippen LogP contribution in [0.5, 0.6) is 5.75 Å². The lowest BCUT2D eigenvalue weighted by Gasteiger charge is -2.17. The summed E-state index contributed by atoms with van der Waals surface area (Å²) in [5.74, 6) is -0.979. The summed E-state index contributed by atoms with van der Waals surface area (Å²) in [6, 6.07) is 8.07. The zero-order valence-electron chi connectivity index (χ0n) is 23.3. The van der Waals surface area contributed by atoms with E-state index in [9.17, 15) is 23.1 Å². The third-order valence-electron chi connectivity index (χ3n) is 6.57. The molecule has 0 aromatic heterocycles. The predicted octanol–water partition coefficient (Wildman–Crippen LogP) is 8.40. The maximum absolute atomic E-state index is 12.9. The van der Waals surface area contributed by atoms with Crippen molar-refractivity contribution in [3.8, 4) is 5.75 Å². The second-order valence-corrected chi connectivity index (χ2v) is 13.0. The lowest BCUT2D eigenvalue weighted by molar-refractivity contribution is -0.115. The molecule has 0 saturated heterocycles. The first-order valence-corrected chi connectivity index (χ1v) is 16.4. The van der Waals surface area contributed by atoms with E-state index < -0.39 is 27.0 Å². The molecule has 0 spiro atoms. The second kappa shape index (κ2) is 17.4. The standard InChI is InChI=1S/C29H41Cl2N3O5S/c1-3-5-6-7-8-9-10-11-12-13-18-40(38,39)27(4-2)28(36)32-22-15-17-25(26(35)20-22)34-29(37)33-21-14-16-23(30)24(31)19-21/h14-17,19-20,27,35H,3-13,18H2,1-2H3,(H,32,36)(H2,33,34,37). The third-order valence-corrected chi connectivity index (χ3v) is 9.58. The molecule has 3 amide bonds. The summed E-state index contributed by atoms with van der Waals surface area (Å²) in [5, 5.41) is 17.5. The van der Waals surface area contributed by atoms with Gasteiger partial charge in [0.05, 0.1) is 21.5 Å². The van der Waals surface area contributed by atoms with Gasteiger partial charge < -0.3 is 21.1 Å². The van der Waals surface area contributed by atoms with E-state index in [0.717, 1.165) is 19.3 Å². The molecular formula is C29H41Cl2N3O5S. The fourth-order valence-corrected chi connectivity index (χ4v) is 6.41. The van der Waals surface area contributed by atoms with Gasteiger partial charge >= 0.3 is 6.03 Å². The van der Waals surface area contributed by atoms with Gasteiger partial charge in [-0.2, -0.15) is 0 Å². The summed E-state index contributed by atoms with van der Waals surface area (Å²) < 4.78 is 25.8. The van der Waals surface area contributed by atoms with E-state index in [1.54, 1.807) is 13.0 Å². The van der Waals surface area contributed by atoms with Crippen molar-refractivity contribution in [3.63, 3.8) is 0 Å². The Morgan fingerprint density at radius 1 is 0.775 bits per heavy atom. The number of rotatable bonds is 17. The van der Waals surface area contributed by atoms with E-state index in [1.807, 2.05) is 0 Å². The summed E-state index contributed by atoms with van der Waals surface area (Å²) in [6.45, 7) is 3.87. The van der Waals surface area contributed by atoms with Crippen molar-refractivity contribution in [3.05, 3.63) is 46.4 Å². The van der Waals surface area contributed by atoms with Crippen LogP contribution in [0.2, 0.25) is 10.0 Å². The number of unbranched alkanes of at least 4 members (excludes halogenated alkanes) is 9. The van der Waals surface area contributed by atoms with Gasteiger partial charge in [0.2, 0.25) is 5.91 Å². The van der Waals surface area contributed by atoms with E-state index in [1.165, 1.54) is 68.9 Å². The average Bonchev–Trinajstić information content (AvgIpc) is 2.89. The van der Waals surface area contributed by atoms with Crippen molar-refractivity contribution >= 4 is 62.0 Å². The van der Waals surface area contributed by atoms with Gasteiger partial charge in [-0.05, 0) is 43.2 Å². The number of benzene rings is 2. The van der Waals surface area contributed by atoms with Crippen LogP contribution in [0.15, 0.2) is 36.4 Å². The van der Waals surface area contributed by atoms with Crippen LogP contribution in [-0.4, -0.2) is 36.5 Å². The van der Waals surface area contributed by atoms with Crippen molar-refractivity contribution in [1.29, 1.82) is 0 Å². The first-order valence-electron chi connectivity index (χ1n) is 14.0. The van der Waals surface area contributed by atoms with Gasteiger partial charge in [0.15, 0.2) is 9.84 Å². The van der Waals surface area contributed by atoms with Crippen LogP contribution >= 0.6 is 23.2 Å². The van der Waals surface area contributed by atoms with E-state index in [-0.39, 0.29) is 34.3 Å². The highest BCUT2D eigenvalue weighted by Crippen LogP contribution is 2.28. The molecule has 0 aliphatic rings. The molecule has 0 heterocycles. The molecule has 0 saturated carbocycles. The molecule has 40 heavy (non-hydrogen) atoms.